The molecule has 0 aliphatic carbocycles. The van der Waals surface area contributed by atoms with Crippen LogP contribution in [0, 0.1) is 0 Å². The third kappa shape index (κ3) is 4.22. The van der Waals surface area contributed by atoms with E-state index in [4.69, 9.17) is 9.47 Å². The highest BCUT2D eigenvalue weighted by atomic mass is 16.5. The number of ether oxygens (including phenoxy) is 2. The fourth-order valence-corrected chi connectivity index (χ4v) is 3.40. The van der Waals surface area contributed by atoms with E-state index in [9.17, 15) is 9.90 Å². The molecule has 1 amide bonds. The van der Waals surface area contributed by atoms with Crippen LogP contribution >= 0.6 is 0 Å². The summed E-state index contributed by atoms with van der Waals surface area (Å²) in [6.07, 6.45) is 4.31. The van der Waals surface area contributed by atoms with Gasteiger partial charge in [-0.25, -0.2) is 0 Å². The van der Waals surface area contributed by atoms with Gasteiger partial charge in [-0.1, -0.05) is 6.07 Å². The number of piperazine rings is 1. The summed E-state index contributed by atoms with van der Waals surface area (Å²) >= 11 is 0. The molecule has 6 nitrogen and oxygen atoms in total. The van der Waals surface area contributed by atoms with Crippen LogP contribution in [0.25, 0.3) is 6.08 Å². The molecule has 2 heterocycles. The number of amides is 1. The number of anilines is 1. The Morgan fingerprint density at radius 2 is 1.64 bits per heavy atom. The molecule has 0 atom stereocenters. The van der Waals surface area contributed by atoms with Crippen LogP contribution in [0.2, 0.25) is 0 Å². The third-order valence-electron chi connectivity index (χ3n) is 5.00. The van der Waals surface area contributed by atoms with Gasteiger partial charge in [0.1, 0.15) is 5.75 Å². The van der Waals surface area contributed by atoms with Crippen LogP contribution in [-0.4, -0.2) is 55.3 Å². The predicted octanol–water partition coefficient (Wildman–Crippen LogP) is 2.92. The quantitative estimate of drug-likeness (QED) is 0.830. The lowest BCUT2D eigenvalue weighted by Gasteiger charge is -2.35. The summed E-state index contributed by atoms with van der Waals surface area (Å²) in [6.45, 7) is 4.19. The average Bonchev–Trinajstić information content (AvgIpc) is 2.98. The van der Waals surface area contributed by atoms with Gasteiger partial charge in [0.2, 0.25) is 5.91 Å². The zero-order valence-electron chi connectivity index (χ0n) is 15.7. The molecule has 0 unspecified atom stereocenters. The molecule has 28 heavy (non-hydrogen) atoms. The van der Waals surface area contributed by atoms with Crippen molar-refractivity contribution in [3.8, 4) is 17.2 Å². The van der Waals surface area contributed by atoms with E-state index in [1.807, 2.05) is 41.3 Å². The van der Waals surface area contributed by atoms with E-state index in [1.165, 1.54) is 0 Å². The Kier molecular flexibility index (Phi) is 5.37. The molecule has 0 saturated carbocycles. The van der Waals surface area contributed by atoms with Crippen molar-refractivity contribution in [3.63, 3.8) is 0 Å². The zero-order chi connectivity index (χ0) is 19.3. The number of benzene rings is 2. The molecule has 0 aromatic heterocycles. The number of fused-ring (bicyclic) bond motifs is 1. The second-order valence-electron chi connectivity index (χ2n) is 6.92. The highest BCUT2D eigenvalue weighted by Gasteiger charge is 2.20. The predicted molar refractivity (Wildman–Crippen MR) is 108 cm³/mol. The van der Waals surface area contributed by atoms with Crippen LogP contribution in [0.5, 0.6) is 17.2 Å². The molecule has 1 N–H and O–H groups in total. The number of rotatable bonds is 3. The number of carbonyl (C=O) groups excluding carboxylic acids is 1. The SMILES string of the molecule is O=C(C=Cc1ccc2c(c1)OCCCO2)N1CCN(c2ccc(O)cc2)CC1. The van der Waals surface area contributed by atoms with Crippen LogP contribution < -0.4 is 14.4 Å². The van der Waals surface area contributed by atoms with Gasteiger partial charge in [0, 0.05) is 44.4 Å². The van der Waals surface area contributed by atoms with E-state index in [0.717, 1.165) is 42.3 Å². The van der Waals surface area contributed by atoms with Gasteiger partial charge in [0.05, 0.1) is 13.2 Å². The molecular formula is C22H24N2O4. The van der Waals surface area contributed by atoms with E-state index in [0.29, 0.717) is 26.3 Å². The zero-order valence-corrected chi connectivity index (χ0v) is 15.7. The molecule has 2 aliphatic heterocycles. The Morgan fingerprint density at radius 1 is 0.929 bits per heavy atom. The Hall–Kier alpha value is -3.15. The van der Waals surface area contributed by atoms with Gasteiger partial charge in [-0.05, 0) is 48.0 Å². The van der Waals surface area contributed by atoms with E-state index >= 15 is 0 Å². The van der Waals surface area contributed by atoms with E-state index < -0.39 is 0 Å². The van der Waals surface area contributed by atoms with Crippen molar-refractivity contribution >= 4 is 17.7 Å². The summed E-state index contributed by atoms with van der Waals surface area (Å²) in [6, 6.07) is 12.9. The van der Waals surface area contributed by atoms with Crippen molar-refractivity contribution in [2.45, 2.75) is 6.42 Å². The summed E-state index contributed by atoms with van der Waals surface area (Å²) in [5.41, 5.74) is 1.98. The Balaban J connectivity index is 1.34. The van der Waals surface area contributed by atoms with Crippen molar-refractivity contribution in [1.29, 1.82) is 0 Å². The highest BCUT2D eigenvalue weighted by molar-refractivity contribution is 5.92. The number of hydrogen-bond acceptors (Lipinski definition) is 5. The number of phenolic OH excluding ortho intramolecular Hbond substituents is 1. The van der Waals surface area contributed by atoms with Crippen LogP contribution in [-0.2, 0) is 4.79 Å². The van der Waals surface area contributed by atoms with Crippen LogP contribution in [0.1, 0.15) is 12.0 Å². The van der Waals surface area contributed by atoms with Crippen LogP contribution in [0.4, 0.5) is 5.69 Å². The first-order chi connectivity index (χ1) is 13.7. The van der Waals surface area contributed by atoms with E-state index in [2.05, 4.69) is 4.90 Å². The minimum Gasteiger partial charge on any atom is -0.508 e. The number of phenols is 1. The molecule has 2 aromatic rings. The molecule has 0 radical (unpaired) electrons. The lowest BCUT2D eigenvalue weighted by molar-refractivity contribution is -0.126. The monoisotopic (exact) mass is 380 g/mol. The van der Waals surface area contributed by atoms with Gasteiger partial charge >= 0.3 is 0 Å². The van der Waals surface area contributed by atoms with E-state index in [-0.39, 0.29) is 11.7 Å². The topological polar surface area (TPSA) is 62.2 Å². The van der Waals surface area contributed by atoms with Crippen molar-refractivity contribution in [1.82, 2.24) is 4.90 Å². The first-order valence-electron chi connectivity index (χ1n) is 9.60. The van der Waals surface area contributed by atoms with Gasteiger partial charge < -0.3 is 24.4 Å². The van der Waals surface area contributed by atoms with Crippen molar-refractivity contribution < 1.29 is 19.4 Å². The second-order valence-corrected chi connectivity index (χ2v) is 6.92. The molecule has 2 aromatic carbocycles. The molecule has 4 rings (SSSR count). The summed E-state index contributed by atoms with van der Waals surface area (Å²) in [5.74, 6) is 1.76. The molecule has 0 spiro atoms. The average molecular weight is 380 g/mol. The fourth-order valence-electron chi connectivity index (χ4n) is 3.40. The lowest BCUT2D eigenvalue weighted by Crippen LogP contribution is -2.48. The number of nitrogens with zero attached hydrogens (tertiary/aromatic N) is 2. The summed E-state index contributed by atoms with van der Waals surface area (Å²) < 4.78 is 11.3. The standard InChI is InChI=1S/C22H24N2O4/c25-19-6-4-18(5-7-19)23-10-12-24(13-11-23)22(26)9-3-17-2-8-20-21(16-17)28-15-1-14-27-20/h2-9,16,25H,1,10-15H2. The van der Waals surface area contributed by atoms with Gasteiger partial charge in [0.15, 0.2) is 11.5 Å². The van der Waals surface area contributed by atoms with Crippen molar-refractivity contribution in [3.05, 3.63) is 54.1 Å². The normalized spacial score (nSPS) is 16.9. The minimum absolute atomic E-state index is 0.0115. The lowest BCUT2D eigenvalue weighted by atomic mass is 10.1. The first kappa shape index (κ1) is 18.2. The number of hydrogen-bond donors (Lipinski definition) is 1. The Labute approximate surface area is 164 Å². The fraction of sp³-hybridized carbons (Fsp3) is 0.318. The molecule has 6 heteroatoms. The summed E-state index contributed by atoms with van der Waals surface area (Å²) in [7, 11) is 0. The van der Waals surface area contributed by atoms with E-state index in [1.54, 1.807) is 18.2 Å². The third-order valence-corrected chi connectivity index (χ3v) is 5.00. The van der Waals surface area contributed by atoms with Gasteiger partial charge in [-0.15, -0.1) is 0 Å². The van der Waals surface area contributed by atoms with Crippen LogP contribution in [0.15, 0.2) is 48.5 Å². The number of aromatic hydroxyl groups is 1. The molecule has 0 bridgehead atoms. The van der Waals surface area contributed by atoms with Gasteiger partial charge in [0.25, 0.3) is 0 Å². The van der Waals surface area contributed by atoms with Gasteiger partial charge in [-0.3, -0.25) is 4.79 Å². The smallest absolute Gasteiger partial charge is 0.246 e. The Bertz CT molecular complexity index is 855. The molecular weight excluding hydrogens is 356 g/mol. The largest absolute Gasteiger partial charge is 0.508 e. The highest BCUT2D eigenvalue weighted by Crippen LogP contribution is 2.30. The summed E-state index contributed by atoms with van der Waals surface area (Å²) in [5, 5.41) is 9.41. The van der Waals surface area contributed by atoms with Crippen molar-refractivity contribution in [2.75, 3.05) is 44.3 Å². The van der Waals surface area contributed by atoms with Crippen molar-refractivity contribution in [2.24, 2.45) is 0 Å². The molecule has 2 aliphatic rings. The first-order valence-corrected chi connectivity index (χ1v) is 9.60. The maximum absolute atomic E-state index is 12.5. The van der Waals surface area contributed by atoms with Gasteiger partial charge in [-0.2, -0.15) is 0 Å². The maximum atomic E-state index is 12.5. The second kappa shape index (κ2) is 8.25. The molecule has 146 valence electrons. The molecule has 1 fully saturated rings. The number of carbonyl (C=O) groups is 1. The maximum Gasteiger partial charge on any atom is 0.246 e. The minimum atomic E-state index is 0.0115. The molecule has 1 saturated heterocycles. The summed E-state index contributed by atoms with van der Waals surface area (Å²) in [4.78, 5) is 16.6. The Morgan fingerprint density at radius 3 is 2.39 bits per heavy atom. The van der Waals surface area contributed by atoms with Crippen LogP contribution in [0.3, 0.4) is 0 Å².